The average molecular weight is 353 g/mol. The van der Waals surface area contributed by atoms with Crippen LogP contribution in [0.15, 0.2) is 40.7 Å². The maximum absolute atomic E-state index is 12.7. The highest BCUT2D eigenvalue weighted by Crippen LogP contribution is 2.42. The first-order valence-electron chi connectivity index (χ1n) is 8.88. The summed E-state index contributed by atoms with van der Waals surface area (Å²) in [5.41, 5.74) is 1.49. The van der Waals surface area contributed by atoms with Gasteiger partial charge in [0, 0.05) is 25.8 Å². The average Bonchev–Trinajstić information content (AvgIpc) is 3.39. The number of nitrogens with zero attached hydrogens (tertiary/aromatic N) is 1. The van der Waals surface area contributed by atoms with E-state index in [0.29, 0.717) is 30.3 Å². The van der Waals surface area contributed by atoms with Gasteiger partial charge in [-0.05, 0) is 37.1 Å². The molecule has 0 radical (unpaired) electrons. The number of carbonyl (C=O) groups is 1. The molecule has 4 heterocycles. The topological polar surface area (TPSA) is 61.1 Å². The highest BCUT2D eigenvalue weighted by Gasteiger charge is 2.34. The number of ether oxygens (including phenoxy) is 3. The minimum Gasteiger partial charge on any atom is -0.478 e. The van der Waals surface area contributed by atoms with Crippen molar-refractivity contribution in [3.05, 3.63) is 53.2 Å². The van der Waals surface area contributed by atoms with Crippen LogP contribution in [0.4, 0.5) is 0 Å². The molecule has 3 aliphatic rings. The molecular formula is C20H19NO5. The number of allylic oxidation sites excluding steroid dienone is 1. The third kappa shape index (κ3) is 2.71. The lowest BCUT2D eigenvalue weighted by Crippen LogP contribution is -2.37. The molecule has 0 saturated carbocycles. The summed E-state index contributed by atoms with van der Waals surface area (Å²) in [6.07, 6.45) is 5.65. The fourth-order valence-corrected chi connectivity index (χ4v) is 3.70. The van der Waals surface area contributed by atoms with Gasteiger partial charge in [0.2, 0.25) is 5.78 Å². The van der Waals surface area contributed by atoms with Gasteiger partial charge >= 0.3 is 0 Å². The van der Waals surface area contributed by atoms with E-state index in [1.165, 1.54) is 0 Å². The quantitative estimate of drug-likeness (QED) is 0.790. The first kappa shape index (κ1) is 15.7. The number of rotatable bonds is 3. The van der Waals surface area contributed by atoms with Crippen LogP contribution in [0, 0.1) is 0 Å². The number of ketones is 1. The summed E-state index contributed by atoms with van der Waals surface area (Å²) in [6.45, 7) is 2.87. The lowest BCUT2D eigenvalue weighted by molar-refractivity contribution is 0.0274. The van der Waals surface area contributed by atoms with Gasteiger partial charge in [0.1, 0.15) is 24.0 Å². The van der Waals surface area contributed by atoms with Crippen LogP contribution in [-0.2, 0) is 11.3 Å². The Kier molecular flexibility index (Phi) is 3.80. The summed E-state index contributed by atoms with van der Waals surface area (Å²) in [5, 5.41) is 0. The third-order valence-electron chi connectivity index (χ3n) is 4.98. The molecule has 2 aromatic rings. The second-order valence-corrected chi connectivity index (χ2v) is 6.79. The molecule has 0 aliphatic carbocycles. The Balaban J connectivity index is 1.42. The van der Waals surface area contributed by atoms with Gasteiger partial charge in [-0.2, -0.15) is 0 Å². The standard InChI is InChI=1S/C20H19NO5/c22-19-15-5-6-17-16(11-21(12-25-17)10-14-4-2-8-24-14)20(15)26-18(19)9-13-3-1-7-23-13/h1,3,5-7,9,14H,2,4,8,10-12H2/t14-/m1/s1. The molecule has 0 spiro atoms. The van der Waals surface area contributed by atoms with Crippen LogP contribution >= 0.6 is 0 Å². The van der Waals surface area contributed by atoms with Crippen molar-refractivity contribution >= 4 is 11.9 Å². The largest absolute Gasteiger partial charge is 0.478 e. The molecule has 6 nitrogen and oxygen atoms in total. The summed E-state index contributed by atoms with van der Waals surface area (Å²) in [5.74, 6) is 2.11. The van der Waals surface area contributed by atoms with Gasteiger partial charge in [-0.1, -0.05) is 0 Å². The lowest BCUT2D eigenvalue weighted by atomic mass is 10.0. The highest BCUT2D eigenvalue weighted by molar-refractivity contribution is 6.14. The van der Waals surface area contributed by atoms with Gasteiger partial charge in [-0.25, -0.2) is 0 Å². The van der Waals surface area contributed by atoms with Crippen molar-refractivity contribution in [3.63, 3.8) is 0 Å². The Morgan fingerprint density at radius 1 is 1.27 bits per heavy atom. The second-order valence-electron chi connectivity index (χ2n) is 6.79. The maximum Gasteiger partial charge on any atom is 0.232 e. The highest BCUT2D eigenvalue weighted by atomic mass is 16.5. The number of carbonyl (C=O) groups excluding carboxylic acids is 1. The summed E-state index contributed by atoms with van der Waals surface area (Å²) >= 11 is 0. The number of hydrogen-bond acceptors (Lipinski definition) is 6. The molecule has 5 rings (SSSR count). The normalized spacial score (nSPS) is 23.6. The van der Waals surface area contributed by atoms with E-state index in [9.17, 15) is 4.79 Å². The monoisotopic (exact) mass is 353 g/mol. The van der Waals surface area contributed by atoms with Gasteiger partial charge in [0.15, 0.2) is 5.76 Å². The minimum atomic E-state index is -0.129. The van der Waals surface area contributed by atoms with Gasteiger partial charge < -0.3 is 18.6 Å². The molecule has 0 N–H and O–H groups in total. The summed E-state index contributed by atoms with van der Waals surface area (Å²) in [7, 11) is 0. The molecular weight excluding hydrogens is 334 g/mol. The zero-order valence-electron chi connectivity index (χ0n) is 14.3. The van der Waals surface area contributed by atoms with Crippen LogP contribution < -0.4 is 9.47 Å². The van der Waals surface area contributed by atoms with Crippen LogP contribution in [0.2, 0.25) is 0 Å². The fourth-order valence-electron chi connectivity index (χ4n) is 3.70. The SMILES string of the molecule is O=C1C(=Cc2ccco2)Oc2c1ccc1c2CN(C[C@H]2CCCO2)CO1. The first-order chi connectivity index (χ1) is 12.8. The van der Waals surface area contributed by atoms with Gasteiger partial charge in [0.25, 0.3) is 0 Å². The van der Waals surface area contributed by atoms with Gasteiger partial charge in [0.05, 0.1) is 23.5 Å². The first-order valence-corrected chi connectivity index (χ1v) is 8.88. The number of furan rings is 1. The Bertz CT molecular complexity index is 865. The fraction of sp³-hybridized carbons (Fsp3) is 0.350. The molecule has 1 aromatic heterocycles. The van der Waals surface area contributed by atoms with E-state index in [4.69, 9.17) is 18.6 Å². The van der Waals surface area contributed by atoms with Crippen molar-refractivity contribution in [2.75, 3.05) is 19.9 Å². The van der Waals surface area contributed by atoms with Crippen LogP contribution in [0.5, 0.6) is 11.5 Å². The van der Waals surface area contributed by atoms with Crippen LogP contribution in [0.1, 0.15) is 34.5 Å². The molecule has 26 heavy (non-hydrogen) atoms. The molecule has 3 aliphatic heterocycles. The van der Waals surface area contributed by atoms with E-state index in [1.54, 1.807) is 30.5 Å². The van der Waals surface area contributed by atoms with Crippen molar-refractivity contribution in [1.82, 2.24) is 4.90 Å². The molecule has 134 valence electrons. The number of hydrogen-bond donors (Lipinski definition) is 0. The summed E-state index contributed by atoms with van der Waals surface area (Å²) in [4.78, 5) is 14.9. The van der Waals surface area contributed by atoms with Crippen molar-refractivity contribution in [2.45, 2.75) is 25.5 Å². The molecule has 0 bridgehead atoms. The van der Waals surface area contributed by atoms with E-state index < -0.39 is 0 Å². The molecule has 1 fully saturated rings. The lowest BCUT2D eigenvalue weighted by Gasteiger charge is -2.31. The maximum atomic E-state index is 12.7. The molecule has 1 saturated heterocycles. The van der Waals surface area contributed by atoms with E-state index in [2.05, 4.69) is 4.90 Å². The molecule has 6 heteroatoms. The predicted molar refractivity (Wildman–Crippen MR) is 93.0 cm³/mol. The van der Waals surface area contributed by atoms with Gasteiger partial charge in [-0.3, -0.25) is 9.69 Å². The zero-order valence-corrected chi connectivity index (χ0v) is 14.3. The van der Waals surface area contributed by atoms with Crippen LogP contribution in [-0.4, -0.2) is 36.7 Å². The van der Waals surface area contributed by atoms with E-state index in [1.807, 2.05) is 6.07 Å². The molecule has 0 amide bonds. The van der Waals surface area contributed by atoms with Crippen LogP contribution in [0.3, 0.4) is 0 Å². The molecule has 0 unspecified atom stereocenters. The predicted octanol–water partition coefficient (Wildman–Crippen LogP) is 3.23. The minimum absolute atomic E-state index is 0.129. The van der Waals surface area contributed by atoms with Crippen molar-refractivity contribution < 1.29 is 23.4 Å². The molecule has 1 atom stereocenters. The summed E-state index contributed by atoms with van der Waals surface area (Å²) in [6, 6.07) is 7.19. The Hall–Kier alpha value is -2.57. The molecule has 1 aromatic carbocycles. The van der Waals surface area contributed by atoms with Crippen molar-refractivity contribution in [2.24, 2.45) is 0 Å². The Labute approximate surface area is 150 Å². The summed E-state index contributed by atoms with van der Waals surface area (Å²) < 4.78 is 22.8. The number of benzene rings is 1. The van der Waals surface area contributed by atoms with Crippen LogP contribution in [0.25, 0.3) is 6.08 Å². The third-order valence-corrected chi connectivity index (χ3v) is 4.98. The van der Waals surface area contributed by atoms with E-state index in [-0.39, 0.29) is 17.6 Å². The number of Topliss-reactive ketones (excluding diaryl/α,β-unsaturated/α-hetero) is 1. The van der Waals surface area contributed by atoms with Crippen molar-refractivity contribution in [3.8, 4) is 11.5 Å². The smallest absolute Gasteiger partial charge is 0.232 e. The Morgan fingerprint density at radius 3 is 3.04 bits per heavy atom. The zero-order chi connectivity index (χ0) is 17.5. The van der Waals surface area contributed by atoms with E-state index >= 15 is 0 Å². The Morgan fingerprint density at radius 2 is 2.23 bits per heavy atom. The van der Waals surface area contributed by atoms with Gasteiger partial charge in [-0.15, -0.1) is 0 Å². The van der Waals surface area contributed by atoms with E-state index in [0.717, 1.165) is 37.3 Å². The second kappa shape index (κ2) is 6.30. The number of fused-ring (bicyclic) bond motifs is 3. The van der Waals surface area contributed by atoms with Crippen molar-refractivity contribution in [1.29, 1.82) is 0 Å².